The molecule has 2 heterocycles. The lowest BCUT2D eigenvalue weighted by molar-refractivity contribution is -0.141. The van der Waals surface area contributed by atoms with E-state index in [0.29, 0.717) is 11.5 Å². The van der Waals surface area contributed by atoms with E-state index >= 15 is 0 Å². The number of aromatic nitrogens is 3. The van der Waals surface area contributed by atoms with E-state index in [2.05, 4.69) is 20.3 Å². The van der Waals surface area contributed by atoms with Crippen molar-refractivity contribution < 1.29 is 13.2 Å². The molecule has 2 rings (SSSR count). The zero-order valence-corrected chi connectivity index (χ0v) is 8.94. The Morgan fingerprint density at radius 3 is 2.28 bits per heavy atom. The lowest BCUT2D eigenvalue weighted by Crippen LogP contribution is -2.07. The fourth-order valence-electron chi connectivity index (χ4n) is 1.19. The third kappa shape index (κ3) is 2.84. The first-order chi connectivity index (χ1) is 8.45. The van der Waals surface area contributed by atoms with E-state index in [-0.39, 0.29) is 5.82 Å². The molecule has 0 amide bonds. The van der Waals surface area contributed by atoms with Crippen LogP contribution in [0, 0.1) is 0 Å². The van der Waals surface area contributed by atoms with Crippen LogP contribution in [0.4, 0.5) is 30.5 Å². The summed E-state index contributed by atoms with van der Waals surface area (Å²) in [4.78, 5) is 11.0. The van der Waals surface area contributed by atoms with Crippen LogP contribution in [-0.4, -0.2) is 15.0 Å². The van der Waals surface area contributed by atoms with E-state index in [4.69, 9.17) is 5.73 Å². The number of nitrogen functional groups attached to an aromatic ring is 1. The molecule has 0 fully saturated rings. The molecule has 0 aliphatic rings. The van der Waals surface area contributed by atoms with E-state index in [1.54, 1.807) is 0 Å². The number of rotatable bonds is 2. The van der Waals surface area contributed by atoms with Gasteiger partial charge in [-0.2, -0.15) is 13.2 Å². The van der Waals surface area contributed by atoms with Crippen molar-refractivity contribution in [3.05, 3.63) is 36.4 Å². The molecule has 0 aliphatic carbocycles. The van der Waals surface area contributed by atoms with Gasteiger partial charge in [0.25, 0.3) is 0 Å². The van der Waals surface area contributed by atoms with Gasteiger partial charge in [0.2, 0.25) is 0 Å². The zero-order chi connectivity index (χ0) is 13.2. The topological polar surface area (TPSA) is 76.7 Å². The standard InChI is InChI=1S/C10H8F3N5/c11-10(12,13)7-2-1-6(3-15-7)18-9-5-16-8(14)4-17-9/h1-5H,(H2,14,16)(H,17,18). The summed E-state index contributed by atoms with van der Waals surface area (Å²) in [5, 5.41) is 2.75. The number of nitrogens with zero attached hydrogens (tertiary/aromatic N) is 3. The van der Waals surface area contributed by atoms with E-state index < -0.39 is 11.9 Å². The molecule has 0 bridgehead atoms. The van der Waals surface area contributed by atoms with E-state index in [1.807, 2.05) is 0 Å². The fourth-order valence-corrected chi connectivity index (χ4v) is 1.19. The quantitative estimate of drug-likeness (QED) is 0.860. The smallest absolute Gasteiger partial charge is 0.382 e. The monoisotopic (exact) mass is 255 g/mol. The molecular formula is C10H8F3N5. The third-order valence-electron chi connectivity index (χ3n) is 2.00. The molecule has 0 unspecified atom stereocenters. The summed E-state index contributed by atoms with van der Waals surface area (Å²) < 4.78 is 36.8. The zero-order valence-electron chi connectivity index (χ0n) is 8.94. The molecule has 3 N–H and O–H groups in total. The molecule has 8 heteroatoms. The molecular weight excluding hydrogens is 247 g/mol. The summed E-state index contributed by atoms with van der Waals surface area (Å²) in [7, 11) is 0. The largest absolute Gasteiger partial charge is 0.433 e. The first-order valence-electron chi connectivity index (χ1n) is 4.83. The average Bonchev–Trinajstić information content (AvgIpc) is 2.32. The molecule has 0 aliphatic heterocycles. The Bertz CT molecular complexity index is 521. The number of halogens is 3. The van der Waals surface area contributed by atoms with Crippen molar-refractivity contribution in [1.82, 2.24) is 15.0 Å². The molecule has 94 valence electrons. The predicted octanol–water partition coefficient (Wildman–Crippen LogP) is 2.22. The lowest BCUT2D eigenvalue weighted by Gasteiger charge is -2.07. The van der Waals surface area contributed by atoms with Gasteiger partial charge in [0.05, 0.1) is 24.3 Å². The Labute approximate surface area is 99.9 Å². The highest BCUT2D eigenvalue weighted by Crippen LogP contribution is 2.28. The number of anilines is 3. The number of nitrogens with two attached hydrogens (primary N) is 1. The van der Waals surface area contributed by atoms with Gasteiger partial charge >= 0.3 is 6.18 Å². The minimum atomic E-state index is -4.44. The average molecular weight is 255 g/mol. The molecule has 0 atom stereocenters. The molecule has 0 radical (unpaired) electrons. The molecule has 0 saturated heterocycles. The Morgan fingerprint density at radius 1 is 1.00 bits per heavy atom. The van der Waals surface area contributed by atoms with Gasteiger partial charge in [0, 0.05) is 0 Å². The third-order valence-corrected chi connectivity index (χ3v) is 2.00. The Balaban J connectivity index is 2.13. The second-order valence-corrected chi connectivity index (χ2v) is 3.38. The van der Waals surface area contributed by atoms with Crippen molar-refractivity contribution in [1.29, 1.82) is 0 Å². The SMILES string of the molecule is Nc1cnc(Nc2ccc(C(F)(F)F)nc2)cn1. The van der Waals surface area contributed by atoms with Crippen LogP contribution >= 0.6 is 0 Å². The fraction of sp³-hybridized carbons (Fsp3) is 0.100. The maximum absolute atomic E-state index is 12.3. The van der Waals surface area contributed by atoms with E-state index in [1.165, 1.54) is 18.5 Å². The summed E-state index contributed by atoms with van der Waals surface area (Å²) in [5.74, 6) is 0.622. The van der Waals surface area contributed by atoms with Crippen molar-refractivity contribution in [2.75, 3.05) is 11.1 Å². The molecule has 2 aromatic heterocycles. The van der Waals surface area contributed by atoms with Crippen molar-refractivity contribution in [2.45, 2.75) is 6.18 Å². The first kappa shape index (κ1) is 12.1. The highest BCUT2D eigenvalue weighted by atomic mass is 19.4. The van der Waals surface area contributed by atoms with Crippen molar-refractivity contribution in [2.24, 2.45) is 0 Å². The Morgan fingerprint density at radius 2 is 1.78 bits per heavy atom. The van der Waals surface area contributed by atoms with Gasteiger partial charge in [-0.3, -0.25) is 0 Å². The van der Waals surface area contributed by atoms with Gasteiger partial charge in [-0.25, -0.2) is 15.0 Å². The summed E-state index contributed by atoms with van der Waals surface area (Å²) in [6.07, 6.45) is -0.673. The van der Waals surface area contributed by atoms with Crippen LogP contribution in [0.15, 0.2) is 30.7 Å². The normalized spacial score (nSPS) is 11.3. The maximum Gasteiger partial charge on any atom is 0.433 e. The van der Waals surface area contributed by atoms with Crippen LogP contribution in [0.3, 0.4) is 0 Å². The van der Waals surface area contributed by atoms with Crippen molar-refractivity contribution >= 4 is 17.3 Å². The maximum atomic E-state index is 12.3. The number of nitrogens with one attached hydrogen (secondary N) is 1. The molecule has 0 spiro atoms. The van der Waals surface area contributed by atoms with Crippen LogP contribution in [0.2, 0.25) is 0 Å². The molecule has 2 aromatic rings. The van der Waals surface area contributed by atoms with Gasteiger partial charge in [0.1, 0.15) is 17.3 Å². The van der Waals surface area contributed by atoms with Gasteiger partial charge in [-0.15, -0.1) is 0 Å². The Kier molecular flexibility index (Phi) is 3.00. The highest BCUT2D eigenvalue weighted by Gasteiger charge is 2.31. The van der Waals surface area contributed by atoms with Crippen LogP contribution < -0.4 is 11.1 Å². The minimum absolute atomic E-state index is 0.256. The summed E-state index contributed by atoms with van der Waals surface area (Å²) in [6, 6.07) is 2.14. The molecule has 0 saturated carbocycles. The second-order valence-electron chi connectivity index (χ2n) is 3.38. The van der Waals surface area contributed by atoms with Crippen LogP contribution in [0.1, 0.15) is 5.69 Å². The van der Waals surface area contributed by atoms with E-state index in [0.717, 1.165) is 12.3 Å². The second kappa shape index (κ2) is 4.47. The highest BCUT2D eigenvalue weighted by molar-refractivity contribution is 5.54. The number of hydrogen-bond donors (Lipinski definition) is 2. The van der Waals surface area contributed by atoms with Gasteiger partial charge in [0.15, 0.2) is 0 Å². The summed E-state index contributed by atoms with van der Waals surface area (Å²) in [5.41, 5.74) is 4.78. The summed E-state index contributed by atoms with van der Waals surface area (Å²) in [6.45, 7) is 0. The summed E-state index contributed by atoms with van der Waals surface area (Å²) >= 11 is 0. The number of pyridine rings is 1. The Hall–Kier alpha value is -2.38. The minimum Gasteiger partial charge on any atom is -0.382 e. The van der Waals surface area contributed by atoms with Crippen molar-refractivity contribution in [3.63, 3.8) is 0 Å². The predicted molar refractivity (Wildman–Crippen MR) is 59.0 cm³/mol. The number of hydrogen-bond acceptors (Lipinski definition) is 5. The van der Waals surface area contributed by atoms with Gasteiger partial charge in [-0.1, -0.05) is 0 Å². The molecule has 0 aromatic carbocycles. The number of alkyl halides is 3. The lowest BCUT2D eigenvalue weighted by atomic mass is 10.3. The van der Waals surface area contributed by atoms with E-state index in [9.17, 15) is 13.2 Å². The van der Waals surface area contributed by atoms with Gasteiger partial charge in [-0.05, 0) is 12.1 Å². The van der Waals surface area contributed by atoms with Crippen LogP contribution in [0.5, 0.6) is 0 Å². The molecule has 5 nitrogen and oxygen atoms in total. The van der Waals surface area contributed by atoms with Crippen LogP contribution in [0.25, 0.3) is 0 Å². The van der Waals surface area contributed by atoms with Crippen molar-refractivity contribution in [3.8, 4) is 0 Å². The first-order valence-corrected chi connectivity index (χ1v) is 4.83. The van der Waals surface area contributed by atoms with Crippen LogP contribution in [-0.2, 0) is 6.18 Å². The molecule has 18 heavy (non-hydrogen) atoms. The van der Waals surface area contributed by atoms with Gasteiger partial charge < -0.3 is 11.1 Å².